The van der Waals surface area contributed by atoms with Gasteiger partial charge in [0, 0.05) is 24.1 Å². The third kappa shape index (κ3) is 5.57. The Balaban J connectivity index is 2.09. The maximum atomic E-state index is 3.51. The average molecular weight is 237 g/mol. The maximum absolute atomic E-state index is 3.51. The van der Waals surface area contributed by atoms with E-state index in [9.17, 15) is 0 Å². The van der Waals surface area contributed by atoms with Crippen LogP contribution in [0.15, 0.2) is 24.3 Å². The highest BCUT2D eigenvalue weighted by molar-refractivity contribution is 7.98. The number of hydrogen-bond acceptors (Lipinski definition) is 2. The van der Waals surface area contributed by atoms with Gasteiger partial charge in [0.2, 0.25) is 0 Å². The van der Waals surface area contributed by atoms with Crippen LogP contribution in [-0.2, 0) is 5.75 Å². The maximum Gasteiger partial charge on any atom is 0.0185 e. The Kier molecular flexibility index (Phi) is 6.58. The summed E-state index contributed by atoms with van der Waals surface area (Å²) in [4.78, 5) is 0. The molecule has 90 valence electrons. The van der Waals surface area contributed by atoms with E-state index in [0.29, 0.717) is 6.04 Å². The van der Waals surface area contributed by atoms with E-state index in [0.717, 1.165) is 12.3 Å². The van der Waals surface area contributed by atoms with E-state index < -0.39 is 0 Å². The van der Waals surface area contributed by atoms with Crippen molar-refractivity contribution in [3.05, 3.63) is 35.4 Å². The first-order chi connectivity index (χ1) is 7.72. The predicted molar refractivity (Wildman–Crippen MR) is 75.1 cm³/mol. The van der Waals surface area contributed by atoms with Crippen LogP contribution < -0.4 is 5.32 Å². The van der Waals surface area contributed by atoms with E-state index >= 15 is 0 Å². The van der Waals surface area contributed by atoms with Crippen molar-refractivity contribution < 1.29 is 0 Å². The molecule has 0 saturated heterocycles. The fourth-order valence-electron chi connectivity index (χ4n) is 1.40. The van der Waals surface area contributed by atoms with Crippen LogP contribution in [0, 0.1) is 6.92 Å². The Hall–Kier alpha value is -0.470. The molecule has 1 unspecified atom stereocenters. The molecule has 0 aromatic heterocycles. The van der Waals surface area contributed by atoms with E-state index in [1.807, 2.05) is 11.8 Å². The zero-order valence-electron chi connectivity index (χ0n) is 10.6. The first-order valence-electron chi connectivity index (χ1n) is 6.09. The lowest BCUT2D eigenvalue weighted by Gasteiger charge is -2.10. The van der Waals surface area contributed by atoms with Gasteiger partial charge in [0.05, 0.1) is 0 Å². The minimum atomic E-state index is 0.653. The summed E-state index contributed by atoms with van der Waals surface area (Å²) in [6.45, 7) is 7.71. The number of benzene rings is 1. The molecular weight excluding hydrogens is 214 g/mol. The first kappa shape index (κ1) is 13.6. The van der Waals surface area contributed by atoms with Gasteiger partial charge in [0.15, 0.2) is 0 Å². The second-order valence-electron chi connectivity index (χ2n) is 4.30. The highest BCUT2D eigenvalue weighted by Gasteiger charge is 1.97. The summed E-state index contributed by atoms with van der Waals surface area (Å²) >= 11 is 2.00. The molecule has 0 saturated carbocycles. The molecule has 0 spiro atoms. The minimum absolute atomic E-state index is 0.653. The Morgan fingerprint density at radius 3 is 2.56 bits per heavy atom. The van der Waals surface area contributed by atoms with E-state index in [4.69, 9.17) is 0 Å². The minimum Gasteiger partial charge on any atom is -0.313 e. The molecule has 1 atom stereocenters. The molecule has 0 aliphatic carbocycles. The molecule has 1 rings (SSSR count). The summed E-state index contributed by atoms with van der Waals surface area (Å²) in [5.74, 6) is 2.32. The summed E-state index contributed by atoms with van der Waals surface area (Å²) in [6.07, 6.45) is 1.21. The van der Waals surface area contributed by atoms with Crippen molar-refractivity contribution in [3.63, 3.8) is 0 Å². The molecule has 0 aliphatic rings. The smallest absolute Gasteiger partial charge is 0.0185 e. The van der Waals surface area contributed by atoms with E-state index in [-0.39, 0.29) is 0 Å². The number of rotatable bonds is 7. The van der Waals surface area contributed by atoms with Crippen LogP contribution in [0.25, 0.3) is 0 Å². The van der Waals surface area contributed by atoms with Gasteiger partial charge >= 0.3 is 0 Å². The standard InChI is InChI=1S/C14H23NS/c1-4-13(3)15-9-10-16-11-14-7-5-12(2)6-8-14/h5-8,13,15H,4,9-11H2,1-3H3. The molecule has 1 aromatic carbocycles. The zero-order valence-corrected chi connectivity index (χ0v) is 11.4. The highest BCUT2D eigenvalue weighted by Crippen LogP contribution is 2.12. The lowest BCUT2D eigenvalue weighted by Crippen LogP contribution is -2.27. The van der Waals surface area contributed by atoms with Crippen molar-refractivity contribution in [1.82, 2.24) is 5.32 Å². The Labute approximate surface area is 104 Å². The molecule has 16 heavy (non-hydrogen) atoms. The van der Waals surface area contributed by atoms with Crippen LogP contribution in [0.5, 0.6) is 0 Å². The molecule has 0 aliphatic heterocycles. The van der Waals surface area contributed by atoms with Crippen LogP contribution in [0.3, 0.4) is 0 Å². The molecule has 0 heterocycles. The van der Waals surface area contributed by atoms with Crippen LogP contribution in [0.1, 0.15) is 31.4 Å². The second-order valence-corrected chi connectivity index (χ2v) is 5.41. The summed E-state index contributed by atoms with van der Waals surface area (Å²) in [6, 6.07) is 9.48. The summed E-state index contributed by atoms with van der Waals surface area (Å²) in [7, 11) is 0. The van der Waals surface area contributed by atoms with Crippen molar-refractivity contribution in [2.75, 3.05) is 12.3 Å². The van der Waals surface area contributed by atoms with E-state index in [1.165, 1.54) is 23.3 Å². The number of aryl methyl sites for hydroxylation is 1. The van der Waals surface area contributed by atoms with Gasteiger partial charge in [0.25, 0.3) is 0 Å². The molecule has 2 heteroatoms. The van der Waals surface area contributed by atoms with Gasteiger partial charge in [-0.25, -0.2) is 0 Å². The van der Waals surface area contributed by atoms with Crippen molar-refractivity contribution in [3.8, 4) is 0 Å². The molecule has 0 amide bonds. The third-order valence-corrected chi connectivity index (χ3v) is 3.77. The van der Waals surface area contributed by atoms with Crippen LogP contribution in [0.2, 0.25) is 0 Å². The quantitative estimate of drug-likeness (QED) is 0.727. The number of hydrogen-bond donors (Lipinski definition) is 1. The SMILES string of the molecule is CCC(C)NCCSCc1ccc(C)cc1. The zero-order chi connectivity index (χ0) is 11.8. The van der Waals surface area contributed by atoms with Gasteiger partial charge in [-0.3, -0.25) is 0 Å². The topological polar surface area (TPSA) is 12.0 Å². The summed E-state index contributed by atoms with van der Waals surface area (Å²) < 4.78 is 0. The van der Waals surface area contributed by atoms with Gasteiger partial charge in [-0.2, -0.15) is 11.8 Å². The molecule has 0 fully saturated rings. The van der Waals surface area contributed by atoms with Gasteiger partial charge < -0.3 is 5.32 Å². The van der Waals surface area contributed by atoms with Crippen LogP contribution >= 0.6 is 11.8 Å². The van der Waals surface area contributed by atoms with Crippen molar-refractivity contribution in [1.29, 1.82) is 0 Å². The molecule has 1 aromatic rings. The summed E-state index contributed by atoms with van der Waals surface area (Å²) in [5.41, 5.74) is 2.77. The van der Waals surface area contributed by atoms with Crippen molar-refractivity contribution in [2.45, 2.75) is 39.0 Å². The van der Waals surface area contributed by atoms with Crippen molar-refractivity contribution in [2.24, 2.45) is 0 Å². The Morgan fingerprint density at radius 2 is 1.94 bits per heavy atom. The first-order valence-corrected chi connectivity index (χ1v) is 7.24. The van der Waals surface area contributed by atoms with E-state index in [2.05, 4.69) is 50.4 Å². The van der Waals surface area contributed by atoms with Crippen LogP contribution in [0.4, 0.5) is 0 Å². The highest BCUT2D eigenvalue weighted by atomic mass is 32.2. The monoisotopic (exact) mass is 237 g/mol. The molecular formula is C14H23NS. The molecule has 0 radical (unpaired) electrons. The van der Waals surface area contributed by atoms with Gasteiger partial charge in [0.1, 0.15) is 0 Å². The largest absolute Gasteiger partial charge is 0.313 e. The van der Waals surface area contributed by atoms with E-state index in [1.54, 1.807) is 0 Å². The number of nitrogens with one attached hydrogen (secondary N) is 1. The Morgan fingerprint density at radius 1 is 1.25 bits per heavy atom. The lowest BCUT2D eigenvalue weighted by molar-refractivity contribution is 0.555. The lowest BCUT2D eigenvalue weighted by atomic mass is 10.2. The molecule has 1 nitrogen and oxygen atoms in total. The van der Waals surface area contributed by atoms with Gasteiger partial charge in [-0.1, -0.05) is 36.8 Å². The molecule has 1 N–H and O–H groups in total. The Bertz CT molecular complexity index is 281. The predicted octanol–water partition coefficient (Wildman–Crippen LogP) is 3.62. The fraction of sp³-hybridized carbons (Fsp3) is 0.571. The fourth-order valence-corrected chi connectivity index (χ4v) is 2.23. The second kappa shape index (κ2) is 7.75. The van der Waals surface area contributed by atoms with Gasteiger partial charge in [-0.05, 0) is 25.8 Å². The molecule has 0 bridgehead atoms. The normalized spacial score (nSPS) is 12.7. The average Bonchev–Trinajstić information content (AvgIpc) is 2.31. The number of thioether (sulfide) groups is 1. The van der Waals surface area contributed by atoms with Crippen molar-refractivity contribution >= 4 is 11.8 Å². The third-order valence-electron chi connectivity index (χ3n) is 2.74. The summed E-state index contributed by atoms with van der Waals surface area (Å²) in [5, 5.41) is 3.51. The van der Waals surface area contributed by atoms with Crippen LogP contribution in [-0.4, -0.2) is 18.3 Å². The van der Waals surface area contributed by atoms with Gasteiger partial charge in [-0.15, -0.1) is 0 Å².